The fourth-order valence-electron chi connectivity index (χ4n) is 1.56. The molecular formula is C13H18N2O3. The predicted octanol–water partition coefficient (Wildman–Crippen LogP) is 0.879. The van der Waals surface area contributed by atoms with Crippen molar-refractivity contribution in [1.29, 1.82) is 0 Å². The van der Waals surface area contributed by atoms with Gasteiger partial charge in [0.25, 0.3) is 0 Å². The molecule has 0 aliphatic rings. The number of nitrogens with two attached hydrogens (primary N) is 1. The normalized spacial score (nSPS) is 11.7. The van der Waals surface area contributed by atoms with E-state index in [4.69, 9.17) is 5.73 Å². The van der Waals surface area contributed by atoms with Crippen LogP contribution in [0, 0.1) is 0 Å². The minimum atomic E-state index is -0.622. The quantitative estimate of drug-likeness (QED) is 0.600. The Morgan fingerprint density at radius 3 is 2.78 bits per heavy atom. The molecule has 0 aromatic heterocycles. The number of methoxy groups -OCH3 is 1. The predicted molar refractivity (Wildman–Crippen MR) is 68.8 cm³/mol. The van der Waals surface area contributed by atoms with Crippen LogP contribution in [-0.2, 0) is 20.7 Å². The molecule has 0 fully saturated rings. The lowest BCUT2D eigenvalue weighted by Gasteiger charge is -2.11. The van der Waals surface area contributed by atoms with Crippen LogP contribution in [0.3, 0.4) is 0 Å². The summed E-state index contributed by atoms with van der Waals surface area (Å²) in [5.74, 6) is -0.636. The molecular weight excluding hydrogens is 232 g/mol. The van der Waals surface area contributed by atoms with Gasteiger partial charge in [0, 0.05) is 12.1 Å². The molecule has 0 aliphatic heterocycles. The van der Waals surface area contributed by atoms with Gasteiger partial charge >= 0.3 is 5.97 Å². The highest BCUT2D eigenvalue weighted by Gasteiger charge is 2.15. The topological polar surface area (TPSA) is 81.4 Å². The number of hydrogen-bond donors (Lipinski definition) is 2. The fraction of sp³-hybridized carbons (Fsp3) is 0.385. The molecule has 98 valence electrons. The van der Waals surface area contributed by atoms with E-state index in [9.17, 15) is 9.59 Å². The number of rotatable bonds is 5. The molecule has 0 heterocycles. The van der Waals surface area contributed by atoms with Crippen LogP contribution in [-0.4, -0.2) is 25.0 Å². The zero-order valence-electron chi connectivity index (χ0n) is 10.6. The summed E-state index contributed by atoms with van der Waals surface area (Å²) in [5.41, 5.74) is 7.31. The molecule has 0 spiro atoms. The number of anilines is 1. The van der Waals surface area contributed by atoms with E-state index < -0.39 is 12.0 Å². The zero-order chi connectivity index (χ0) is 13.5. The summed E-state index contributed by atoms with van der Waals surface area (Å²) in [6.07, 6.45) is 0.898. The fourth-order valence-corrected chi connectivity index (χ4v) is 1.56. The van der Waals surface area contributed by atoms with E-state index in [0.717, 1.165) is 5.56 Å². The minimum absolute atomic E-state index is 0.185. The van der Waals surface area contributed by atoms with Crippen molar-refractivity contribution in [3.05, 3.63) is 29.8 Å². The van der Waals surface area contributed by atoms with E-state index >= 15 is 0 Å². The molecule has 0 bridgehead atoms. The molecule has 3 N–H and O–H groups in total. The molecule has 1 amide bonds. The monoisotopic (exact) mass is 250 g/mol. The van der Waals surface area contributed by atoms with Crippen LogP contribution in [0.4, 0.5) is 5.69 Å². The molecule has 18 heavy (non-hydrogen) atoms. The van der Waals surface area contributed by atoms with Gasteiger partial charge in [-0.3, -0.25) is 4.79 Å². The number of hydrogen-bond acceptors (Lipinski definition) is 4. The van der Waals surface area contributed by atoms with Crippen LogP contribution in [0.15, 0.2) is 24.3 Å². The summed E-state index contributed by atoms with van der Waals surface area (Å²) in [5, 5.41) is 2.57. The van der Waals surface area contributed by atoms with Crippen molar-refractivity contribution in [3.8, 4) is 0 Å². The zero-order valence-corrected chi connectivity index (χ0v) is 10.6. The van der Waals surface area contributed by atoms with Crippen molar-refractivity contribution in [2.45, 2.75) is 25.8 Å². The third kappa shape index (κ3) is 4.45. The molecule has 0 saturated heterocycles. The SMILES string of the molecule is COC(=O)[C@H](C)NC(=O)CCc1cccc(N)c1. The maximum Gasteiger partial charge on any atom is 0.328 e. The minimum Gasteiger partial charge on any atom is -0.467 e. The Balaban J connectivity index is 2.40. The van der Waals surface area contributed by atoms with Crippen molar-refractivity contribution in [3.63, 3.8) is 0 Å². The maximum atomic E-state index is 11.6. The van der Waals surface area contributed by atoms with Gasteiger partial charge in [0.2, 0.25) is 5.91 Å². The lowest BCUT2D eigenvalue weighted by Crippen LogP contribution is -2.39. The average molecular weight is 250 g/mol. The number of benzene rings is 1. The lowest BCUT2D eigenvalue weighted by atomic mass is 10.1. The number of carbonyl (C=O) groups excluding carboxylic acids is 2. The number of carbonyl (C=O) groups is 2. The highest BCUT2D eigenvalue weighted by atomic mass is 16.5. The molecule has 0 radical (unpaired) electrons. The Labute approximate surface area is 106 Å². The Kier molecular flexibility index (Phi) is 5.17. The first-order valence-corrected chi connectivity index (χ1v) is 5.74. The molecule has 1 atom stereocenters. The number of nitrogens with one attached hydrogen (secondary N) is 1. The van der Waals surface area contributed by atoms with Crippen LogP contribution in [0.1, 0.15) is 18.9 Å². The first kappa shape index (κ1) is 14.0. The summed E-state index contributed by atoms with van der Waals surface area (Å²) in [4.78, 5) is 22.7. The molecule has 0 saturated carbocycles. The second kappa shape index (κ2) is 6.64. The molecule has 5 heteroatoms. The van der Waals surface area contributed by atoms with Gasteiger partial charge in [0.05, 0.1) is 7.11 Å². The van der Waals surface area contributed by atoms with Crippen LogP contribution >= 0.6 is 0 Å². The molecule has 0 unspecified atom stereocenters. The van der Waals surface area contributed by atoms with E-state index in [1.807, 2.05) is 18.2 Å². The van der Waals surface area contributed by atoms with Gasteiger partial charge in [-0.2, -0.15) is 0 Å². The highest BCUT2D eigenvalue weighted by Crippen LogP contribution is 2.08. The van der Waals surface area contributed by atoms with Crippen molar-refractivity contribution < 1.29 is 14.3 Å². The van der Waals surface area contributed by atoms with Crippen molar-refractivity contribution in [2.75, 3.05) is 12.8 Å². The van der Waals surface area contributed by atoms with Crippen LogP contribution in [0.2, 0.25) is 0 Å². The van der Waals surface area contributed by atoms with E-state index in [2.05, 4.69) is 10.1 Å². The Bertz CT molecular complexity index is 432. The number of amides is 1. The first-order chi connectivity index (χ1) is 8.52. The summed E-state index contributed by atoms with van der Waals surface area (Å²) in [6.45, 7) is 1.59. The highest BCUT2D eigenvalue weighted by molar-refractivity contribution is 5.84. The number of esters is 1. The third-order valence-electron chi connectivity index (χ3n) is 2.52. The van der Waals surface area contributed by atoms with Crippen molar-refractivity contribution in [1.82, 2.24) is 5.32 Å². The van der Waals surface area contributed by atoms with Gasteiger partial charge in [0.15, 0.2) is 0 Å². The lowest BCUT2D eigenvalue weighted by molar-refractivity contribution is -0.144. The molecule has 1 rings (SSSR count). The van der Waals surface area contributed by atoms with Crippen molar-refractivity contribution >= 4 is 17.6 Å². The van der Waals surface area contributed by atoms with Gasteiger partial charge < -0.3 is 15.8 Å². The maximum absolute atomic E-state index is 11.6. The van der Waals surface area contributed by atoms with Gasteiger partial charge in [-0.05, 0) is 31.0 Å². The second-order valence-corrected chi connectivity index (χ2v) is 4.06. The second-order valence-electron chi connectivity index (χ2n) is 4.06. The first-order valence-electron chi connectivity index (χ1n) is 5.74. The van der Waals surface area contributed by atoms with Crippen LogP contribution in [0.5, 0.6) is 0 Å². The Morgan fingerprint density at radius 1 is 1.44 bits per heavy atom. The summed E-state index contributed by atoms with van der Waals surface area (Å²) in [7, 11) is 1.29. The van der Waals surface area contributed by atoms with E-state index in [-0.39, 0.29) is 5.91 Å². The molecule has 5 nitrogen and oxygen atoms in total. The number of aryl methyl sites for hydroxylation is 1. The van der Waals surface area contributed by atoms with E-state index in [1.165, 1.54) is 7.11 Å². The largest absolute Gasteiger partial charge is 0.467 e. The smallest absolute Gasteiger partial charge is 0.328 e. The number of ether oxygens (including phenoxy) is 1. The summed E-state index contributed by atoms with van der Waals surface area (Å²) < 4.78 is 4.52. The van der Waals surface area contributed by atoms with Crippen LogP contribution in [0.25, 0.3) is 0 Å². The average Bonchev–Trinajstić information content (AvgIpc) is 2.35. The van der Waals surface area contributed by atoms with Gasteiger partial charge in [-0.1, -0.05) is 12.1 Å². The number of nitrogen functional groups attached to an aromatic ring is 1. The van der Waals surface area contributed by atoms with Gasteiger partial charge in [-0.15, -0.1) is 0 Å². The Hall–Kier alpha value is -2.04. The standard InChI is InChI=1S/C13H18N2O3/c1-9(13(17)18-2)15-12(16)7-6-10-4-3-5-11(14)8-10/h3-5,8-9H,6-7,14H2,1-2H3,(H,15,16)/t9-/m0/s1. The van der Waals surface area contributed by atoms with Gasteiger partial charge in [-0.25, -0.2) is 4.79 Å². The van der Waals surface area contributed by atoms with E-state index in [0.29, 0.717) is 18.5 Å². The molecule has 1 aromatic rings. The third-order valence-corrected chi connectivity index (χ3v) is 2.52. The van der Waals surface area contributed by atoms with E-state index in [1.54, 1.807) is 13.0 Å². The van der Waals surface area contributed by atoms with Crippen molar-refractivity contribution in [2.24, 2.45) is 0 Å². The molecule has 1 aromatic carbocycles. The van der Waals surface area contributed by atoms with Crippen LogP contribution < -0.4 is 11.1 Å². The molecule has 0 aliphatic carbocycles. The van der Waals surface area contributed by atoms with Gasteiger partial charge in [0.1, 0.15) is 6.04 Å². The summed E-state index contributed by atoms with van der Waals surface area (Å²) >= 11 is 0. The Morgan fingerprint density at radius 2 is 2.17 bits per heavy atom. The summed E-state index contributed by atoms with van der Waals surface area (Å²) in [6, 6.07) is 6.76.